The van der Waals surface area contributed by atoms with Crippen LogP contribution in [0.25, 0.3) is 17.1 Å². The summed E-state index contributed by atoms with van der Waals surface area (Å²) >= 11 is 1.76. The zero-order valence-electron chi connectivity index (χ0n) is 21.7. The Labute approximate surface area is 232 Å². The standard InChI is InChI=1S/C32H31N3O3S/c36-30(37)17-8-3-9-18-39-26-16-10-13-24(19-26)21-28-32(38)35-22-29(25-14-6-2-7-15-25)33-27(31(35)34-28)20-23-11-4-1-5-12-23/h1-2,4-7,10-16,19,22,33H,3,8-9,17-18,20-21H2,(H,36,37). The molecule has 0 bridgehead atoms. The number of nitrogens with zero attached hydrogens (tertiary/aromatic N) is 2. The molecule has 5 rings (SSSR count). The van der Waals surface area contributed by atoms with Crippen molar-refractivity contribution < 1.29 is 9.90 Å². The van der Waals surface area contributed by atoms with E-state index in [9.17, 15) is 9.59 Å². The fourth-order valence-corrected chi connectivity index (χ4v) is 5.66. The predicted octanol–water partition coefficient (Wildman–Crippen LogP) is 6.58. The SMILES string of the molecule is O=C(O)CCCCCSc1cccc(Cc2nc3c(Cc4ccccc4)[nH]c(-c4ccccc4)cn-3c2=O)c1. The molecule has 0 aliphatic carbocycles. The predicted molar refractivity (Wildman–Crippen MR) is 156 cm³/mol. The molecule has 3 aromatic carbocycles. The summed E-state index contributed by atoms with van der Waals surface area (Å²) in [6, 6.07) is 28.5. The van der Waals surface area contributed by atoms with E-state index >= 15 is 0 Å². The van der Waals surface area contributed by atoms with E-state index in [2.05, 4.69) is 29.2 Å². The zero-order chi connectivity index (χ0) is 27.0. The van der Waals surface area contributed by atoms with Gasteiger partial charge in [-0.25, -0.2) is 4.98 Å². The number of carboxylic acids is 1. The summed E-state index contributed by atoms with van der Waals surface area (Å²) in [5, 5.41) is 8.78. The topological polar surface area (TPSA) is 88.0 Å². The van der Waals surface area contributed by atoms with Crippen molar-refractivity contribution in [1.29, 1.82) is 0 Å². The third-order valence-corrected chi connectivity index (χ3v) is 7.71. The van der Waals surface area contributed by atoms with Crippen LogP contribution in [0.3, 0.4) is 0 Å². The van der Waals surface area contributed by atoms with Gasteiger partial charge in [-0.3, -0.25) is 14.2 Å². The third kappa shape index (κ3) is 6.86. The Bertz CT molecular complexity index is 1560. The molecule has 6 nitrogen and oxygen atoms in total. The second kappa shape index (κ2) is 12.6. The maximum atomic E-state index is 13.6. The molecular formula is C32H31N3O3S. The van der Waals surface area contributed by atoms with Crippen molar-refractivity contribution in [3.05, 3.63) is 124 Å². The molecule has 2 aliphatic rings. The molecule has 0 unspecified atom stereocenters. The van der Waals surface area contributed by atoms with Gasteiger partial charge in [-0.1, -0.05) is 79.2 Å². The van der Waals surface area contributed by atoms with Gasteiger partial charge in [0.25, 0.3) is 5.56 Å². The molecule has 2 heterocycles. The molecule has 39 heavy (non-hydrogen) atoms. The van der Waals surface area contributed by atoms with Gasteiger partial charge in [0.15, 0.2) is 5.82 Å². The summed E-state index contributed by atoms with van der Waals surface area (Å²) in [6.45, 7) is 0. The molecule has 0 aromatic heterocycles. The van der Waals surface area contributed by atoms with Crippen molar-refractivity contribution in [3.63, 3.8) is 0 Å². The van der Waals surface area contributed by atoms with Crippen LogP contribution in [0.15, 0.2) is 101 Å². The molecular weight excluding hydrogens is 506 g/mol. The number of rotatable bonds is 12. The molecule has 0 atom stereocenters. The van der Waals surface area contributed by atoms with Gasteiger partial charge in [-0.05, 0) is 47.4 Å². The van der Waals surface area contributed by atoms with Gasteiger partial charge < -0.3 is 10.1 Å². The minimum atomic E-state index is -0.735. The molecule has 3 aromatic rings. The number of H-pyrrole nitrogens is 1. The van der Waals surface area contributed by atoms with Gasteiger partial charge in [0.1, 0.15) is 5.69 Å². The number of unbranched alkanes of at least 4 members (excludes halogenated alkanes) is 2. The smallest absolute Gasteiger partial charge is 0.303 e. The lowest BCUT2D eigenvalue weighted by atomic mass is 10.1. The van der Waals surface area contributed by atoms with Crippen LogP contribution in [0.5, 0.6) is 0 Å². The van der Waals surface area contributed by atoms with Crippen molar-refractivity contribution in [3.8, 4) is 17.1 Å². The van der Waals surface area contributed by atoms with Gasteiger partial charge in [0.2, 0.25) is 0 Å². The van der Waals surface area contributed by atoms with Crippen LogP contribution < -0.4 is 5.56 Å². The van der Waals surface area contributed by atoms with E-state index in [1.165, 1.54) is 0 Å². The summed E-state index contributed by atoms with van der Waals surface area (Å²) in [5.74, 6) is 0.859. The van der Waals surface area contributed by atoms with Crippen molar-refractivity contribution in [2.45, 2.75) is 43.4 Å². The Morgan fingerprint density at radius 3 is 2.38 bits per heavy atom. The molecule has 2 aliphatic heterocycles. The van der Waals surface area contributed by atoms with Crippen molar-refractivity contribution in [2.75, 3.05) is 5.75 Å². The molecule has 7 heteroatoms. The third-order valence-electron chi connectivity index (χ3n) is 6.63. The van der Waals surface area contributed by atoms with Crippen molar-refractivity contribution in [1.82, 2.24) is 14.5 Å². The zero-order valence-corrected chi connectivity index (χ0v) is 22.5. The number of aromatic amines is 1. The summed E-state index contributed by atoms with van der Waals surface area (Å²) in [6.07, 6.45) is 5.78. The maximum Gasteiger partial charge on any atom is 0.303 e. The first-order chi connectivity index (χ1) is 19.1. The highest BCUT2D eigenvalue weighted by Crippen LogP contribution is 2.25. The van der Waals surface area contributed by atoms with Crippen LogP contribution in [0.4, 0.5) is 0 Å². The number of aromatic nitrogens is 3. The summed E-state index contributed by atoms with van der Waals surface area (Å²) in [4.78, 5) is 33.8. The number of fused-ring (bicyclic) bond motifs is 1. The Morgan fingerprint density at radius 1 is 0.872 bits per heavy atom. The van der Waals surface area contributed by atoms with Crippen LogP contribution in [0.2, 0.25) is 0 Å². The van der Waals surface area contributed by atoms with Gasteiger partial charge in [0.05, 0.1) is 11.4 Å². The van der Waals surface area contributed by atoms with Gasteiger partial charge in [-0.2, -0.15) is 0 Å². The number of hydrogen-bond acceptors (Lipinski definition) is 4. The molecule has 0 spiro atoms. The van der Waals surface area contributed by atoms with Crippen LogP contribution in [-0.2, 0) is 17.6 Å². The van der Waals surface area contributed by atoms with Gasteiger partial charge in [-0.15, -0.1) is 11.8 Å². The average molecular weight is 538 g/mol. The average Bonchev–Trinajstić information content (AvgIpc) is 3.27. The summed E-state index contributed by atoms with van der Waals surface area (Å²) in [5.41, 5.74) is 5.40. The van der Waals surface area contributed by atoms with E-state index in [4.69, 9.17) is 10.1 Å². The number of benzene rings is 3. The summed E-state index contributed by atoms with van der Waals surface area (Å²) in [7, 11) is 0. The minimum absolute atomic E-state index is 0.0954. The van der Waals surface area contributed by atoms with Gasteiger partial charge >= 0.3 is 5.97 Å². The lowest BCUT2D eigenvalue weighted by molar-refractivity contribution is -0.137. The largest absolute Gasteiger partial charge is 0.481 e. The summed E-state index contributed by atoms with van der Waals surface area (Å²) < 4.78 is 1.68. The minimum Gasteiger partial charge on any atom is -0.481 e. The number of imidazole rings is 1. The first-order valence-corrected chi connectivity index (χ1v) is 14.2. The second-order valence-corrected chi connectivity index (χ2v) is 10.8. The van der Waals surface area contributed by atoms with Crippen molar-refractivity contribution >= 4 is 17.7 Å². The Balaban J connectivity index is 1.39. The molecule has 0 saturated carbocycles. The highest BCUT2D eigenvalue weighted by atomic mass is 32.2. The fourth-order valence-electron chi connectivity index (χ4n) is 4.66. The van der Waals surface area contributed by atoms with E-state index in [0.29, 0.717) is 30.8 Å². The number of carboxylic acid groups (broad SMARTS) is 1. The number of carbonyl (C=O) groups is 1. The van der Waals surface area contributed by atoms with E-state index in [-0.39, 0.29) is 12.0 Å². The first-order valence-electron chi connectivity index (χ1n) is 13.2. The second-order valence-electron chi connectivity index (χ2n) is 9.61. The highest BCUT2D eigenvalue weighted by molar-refractivity contribution is 7.99. The first kappa shape index (κ1) is 26.5. The highest BCUT2D eigenvalue weighted by Gasteiger charge is 2.20. The normalized spacial score (nSPS) is 11.2. The fraction of sp³-hybridized carbons (Fsp3) is 0.219. The quantitative estimate of drug-likeness (QED) is 0.139. The Morgan fingerprint density at radius 2 is 1.62 bits per heavy atom. The van der Waals surface area contributed by atoms with Crippen molar-refractivity contribution in [2.24, 2.45) is 0 Å². The van der Waals surface area contributed by atoms with Crippen LogP contribution in [0.1, 0.15) is 48.2 Å². The molecule has 0 fully saturated rings. The van der Waals surface area contributed by atoms with E-state index in [0.717, 1.165) is 51.6 Å². The molecule has 0 amide bonds. The van der Waals surface area contributed by atoms with Gasteiger partial charge in [0, 0.05) is 30.4 Å². The molecule has 198 valence electrons. The number of hydrogen-bond donors (Lipinski definition) is 2. The van der Waals surface area contributed by atoms with E-state index < -0.39 is 5.97 Å². The maximum absolute atomic E-state index is 13.6. The molecule has 0 saturated heterocycles. The van der Waals surface area contributed by atoms with Crippen LogP contribution in [-0.4, -0.2) is 31.4 Å². The van der Waals surface area contributed by atoms with E-state index in [1.54, 1.807) is 16.3 Å². The monoisotopic (exact) mass is 537 g/mol. The Hall–Kier alpha value is -4.10. The lowest BCUT2D eigenvalue weighted by Gasteiger charge is -2.13. The van der Waals surface area contributed by atoms with E-state index in [1.807, 2.05) is 66.9 Å². The number of aliphatic carboxylic acids is 1. The Kier molecular flexibility index (Phi) is 8.58. The number of nitrogens with one attached hydrogen (secondary N) is 1. The van der Waals surface area contributed by atoms with Crippen LogP contribution >= 0.6 is 11.8 Å². The molecule has 0 radical (unpaired) electrons. The van der Waals surface area contributed by atoms with Crippen LogP contribution in [0, 0.1) is 0 Å². The lowest BCUT2D eigenvalue weighted by Crippen LogP contribution is -2.17. The number of thioether (sulfide) groups is 1. The molecule has 2 N–H and O–H groups in total.